The average Bonchev–Trinajstić information content (AvgIpc) is 3.09. The second-order valence-electron chi connectivity index (χ2n) is 4.73. The van der Waals surface area contributed by atoms with Gasteiger partial charge in [0.2, 0.25) is 5.91 Å². The van der Waals surface area contributed by atoms with Gasteiger partial charge in [-0.05, 0) is 17.7 Å². The van der Waals surface area contributed by atoms with E-state index in [1.165, 1.54) is 6.26 Å². The first-order chi connectivity index (χ1) is 11.2. The molecule has 0 atom stereocenters. The lowest BCUT2D eigenvalue weighted by atomic mass is 10.2. The minimum atomic E-state index is -0.393. The molecule has 0 spiro atoms. The van der Waals surface area contributed by atoms with E-state index < -0.39 is 6.03 Å². The van der Waals surface area contributed by atoms with E-state index in [2.05, 4.69) is 16.0 Å². The van der Waals surface area contributed by atoms with Gasteiger partial charge in [-0.25, -0.2) is 4.79 Å². The molecule has 1 heterocycles. The summed E-state index contributed by atoms with van der Waals surface area (Å²) in [5, 5.41) is 7.77. The average molecular weight is 313 g/mol. The fourth-order valence-electron chi connectivity index (χ4n) is 1.80. The fraction of sp³-hybridized carbons (Fsp3) is 0.176. The molecule has 0 saturated carbocycles. The number of rotatable bonds is 7. The number of furan rings is 1. The predicted molar refractivity (Wildman–Crippen MR) is 87.4 cm³/mol. The Labute approximate surface area is 134 Å². The molecule has 0 saturated heterocycles. The van der Waals surface area contributed by atoms with Gasteiger partial charge in [-0.1, -0.05) is 42.5 Å². The van der Waals surface area contributed by atoms with Gasteiger partial charge in [0.1, 0.15) is 5.76 Å². The Bertz CT molecular complexity index is 636. The molecule has 1 aromatic heterocycles. The summed E-state index contributed by atoms with van der Waals surface area (Å²) in [5.74, 6) is 0.380. The summed E-state index contributed by atoms with van der Waals surface area (Å²) >= 11 is 0. The van der Waals surface area contributed by atoms with Crippen molar-refractivity contribution in [2.45, 2.75) is 6.54 Å². The Kier molecular flexibility index (Phi) is 6.46. The van der Waals surface area contributed by atoms with Gasteiger partial charge in [-0.2, -0.15) is 0 Å². The van der Waals surface area contributed by atoms with Crippen LogP contribution in [0.1, 0.15) is 11.3 Å². The number of amides is 3. The molecular weight excluding hydrogens is 294 g/mol. The molecule has 6 heteroatoms. The molecule has 0 bridgehead atoms. The zero-order valence-corrected chi connectivity index (χ0v) is 12.6. The molecule has 1 aromatic carbocycles. The van der Waals surface area contributed by atoms with Crippen molar-refractivity contribution in [2.75, 3.05) is 13.1 Å². The van der Waals surface area contributed by atoms with Crippen LogP contribution in [0.15, 0.2) is 59.2 Å². The Morgan fingerprint density at radius 3 is 2.57 bits per heavy atom. The summed E-state index contributed by atoms with van der Waals surface area (Å²) in [6.07, 6.45) is 5.29. The first-order valence-electron chi connectivity index (χ1n) is 7.26. The maximum atomic E-state index is 11.5. The Hall–Kier alpha value is -3.02. The van der Waals surface area contributed by atoms with Crippen LogP contribution in [0.25, 0.3) is 6.08 Å². The number of hydrogen-bond acceptors (Lipinski definition) is 3. The molecule has 0 radical (unpaired) electrons. The van der Waals surface area contributed by atoms with E-state index in [1.807, 2.05) is 42.5 Å². The van der Waals surface area contributed by atoms with Gasteiger partial charge in [0.05, 0.1) is 19.4 Å². The summed E-state index contributed by atoms with van der Waals surface area (Å²) in [6, 6.07) is 12.9. The van der Waals surface area contributed by atoms with Crippen molar-refractivity contribution >= 4 is 18.0 Å². The van der Waals surface area contributed by atoms with Crippen molar-refractivity contribution in [3.8, 4) is 0 Å². The lowest BCUT2D eigenvalue weighted by molar-refractivity contribution is -0.120. The Morgan fingerprint density at radius 1 is 1.00 bits per heavy atom. The van der Waals surface area contributed by atoms with Crippen LogP contribution in [-0.2, 0) is 11.3 Å². The van der Waals surface area contributed by atoms with Crippen molar-refractivity contribution in [1.82, 2.24) is 16.0 Å². The van der Waals surface area contributed by atoms with Crippen LogP contribution in [-0.4, -0.2) is 25.0 Å². The number of urea groups is 1. The van der Waals surface area contributed by atoms with Gasteiger partial charge in [-0.3, -0.25) is 4.79 Å². The Morgan fingerprint density at radius 2 is 1.83 bits per heavy atom. The van der Waals surface area contributed by atoms with Gasteiger partial charge in [0.15, 0.2) is 0 Å². The van der Waals surface area contributed by atoms with Gasteiger partial charge < -0.3 is 20.4 Å². The van der Waals surface area contributed by atoms with Crippen molar-refractivity contribution in [1.29, 1.82) is 0 Å². The van der Waals surface area contributed by atoms with Gasteiger partial charge in [0.25, 0.3) is 0 Å². The maximum Gasteiger partial charge on any atom is 0.315 e. The van der Waals surface area contributed by atoms with Crippen LogP contribution in [0, 0.1) is 0 Å². The van der Waals surface area contributed by atoms with Crippen molar-refractivity contribution in [3.05, 3.63) is 66.1 Å². The topological polar surface area (TPSA) is 83.4 Å². The molecule has 2 aromatic rings. The lowest BCUT2D eigenvalue weighted by Crippen LogP contribution is -2.41. The third-order valence-electron chi connectivity index (χ3n) is 2.94. The largest absolute Gasteiger partial charge is 0.467 e. The van der Waals surface area contributed by atoms with Crippen LogP contribution in [0.2, 0.25) is 0 Å². The number of nitrogens with one attached hydrogen (secondary N) is 3. The third-order valence-corrected chi connectivity index (χ3v) is 2.94. The quantitative estimate of drug-likeness (QED) is 0.730. The Balaban J connectivity index is 1.57. The standard InChI is InChI=1S/C17H19N3O3/c21-16(19-12-15-9-5-11-23-15)13-20-17(22)18-10-4-8-14-6-2-1-3-7-14/h1-9,11H,10,12-13H2,(H,19,21)(H2,18,20,22)/b8-4+. The smallest absolute Gasteiger partial charge is 0.315 e. The molecular formula is C17H19N3O3. The van der Waals surface area contributed by atoms with E-state index in [0.29, 0.717) is 18.8 Å². The number of benzene rings is 1. The predicted octanol–water partition coefficient (Wildman–Crippen LogP) is 1.91. The zero-order chi connectivity index (χ0) is 16.3. The first kappa shape index (κ1) is 16.4. The van der Waals surface area contributed by atoms with Crippen LogP contribution in [0.3, 0.4) is 0 Å². The SMILES string of the molecule is O=C(CNC(=O)NC/C=C/c1ccccc1)NCc1ccco1. The number of carbonyl (C=O) groups is 2. The first-order valence-corrected chi connectivity index (χ1v) is 7.26. The second-order valence-corrected chi connectivity index (χ2v) is 4.73. The molecule has 0 aliphatic rings. The molecule has 0 aliphatic carbocycles. The van der Waals surface area contributed by atoms with Crippen LogP contribution in [0.4, 0.5) is 4.79 Å². The van der Waals surface area contributed by atoms with Crippen LogP contribution >= 0.6 is 0 Å². The highest BCUT2D eigenvalue weighted by molar-refractivity contribution is 5.83. The summed E-state index contributed by atoms with van der Waals surface area (Å²) in [6.45, 7) is 0.596. The highest BCUT2D eigenvalue weighted by Crippen LogP contribution is 2.00. The molecule has 23 heavy (non-hydrogen) atoms. The second kappa shape index (κ2) is 9.09. The molecule has 3 N–H and O–H groups in total. The highest BCUT2D eigenvalue weighted by Gasteiger charge is 2.04. The maximum absolute atomic E-state index is 11.5. The van der Waals surface area contributed by atoms with E-state index in [-0.39, 0.29) is 12.5 Å². The fourth-order valence-corrected chi connectivity index (χ4v) is 1.80. The van der Waals surface area contributed by atoms with Gasteiger partial charge >= 0.3 is 6.03 Å². The molecule has 0 aliphatic heterocycles. The van der Waals surface area contributed by atoms with Gasteiger partial charge in [-0.15, -0.1) is 0 Å². The number of hydrogen-bond donors (Lipinski definition) is 3. The summed E-state index contributed by atoms with van der Waals surface area (Å²) in [4.78, 5) is 23.1. The third kappa shape index (κ3) is 6.52. The van der Waals surface area contributed by atoms with Crippen molar-refractivity contribution in [2.24, 2.45) is 0 Å². The summed E-state index contributed by atoms with van der Waals surface area (Å²) in [5.41, 5.74) is 1.06. The zero-order valence-electron chi connectivity index (χ0n) is 12.6. The molecule has 0 fully saturated rings. The molecule has 2 rings (SSSR count). The highest BCUT2D eigenvalue weighted by atomic mass is 16.3. The minimum Gasteiger partial charge on any atom is -0.467 e. The van der Waals surface area contributed by atoms with Gasteiger partial charge in [0, 0.05) is 6.54 Å². The lowest BCUT2D eigenvalue weighted by Gasteiger charge is -2.06. The van der Waals surface area contributed by atoms with E-state index in [0.717, 1.165) is 5.56 Å². The number of carbonyl (C=O) groups excluding carboxylic acids is 2. The van der Waals surface area contributed by atoms with E-state index in [9.17, 15) is 9.59 Å². The minimum absolute atomic E-state index is 0.0884. The molecule has 0 unspecified atom stereocenters. The van der Waals surface area contributed by atoms with Crippen LogP contribution < -0.4 is 16.0 Å². The monoisotopic (exact) mass is 313 g/mol. The van der Waals surface area contributed by atoms with E-state index >= 15 is 0 Å². The molecule has 3 amide bonds. The van der Waals surface area contributed by atoms with E-state index in [1.54, 1.807) is 12.1 Å². The molecule has 120 valence electrons. The van der Waals surface area contributed by atoms with E-state index in [4.69, 9.17) is 4.42 Å². The van der Waals surface area contributed by atoms with Crippen LogP contribution in [0.5, 0.6) is 0 Å². The van der Waals surface area contributed by atoms with Crippen molar-refractivity contribution < 1.29 is 14.0 Å². The van der Waals surface area contributed by atoms with Crippen molar-refractivity contribution in [3.63, 3.8) is 0 Å². The normalized spacial score (nSPS) is 10.4. The summed E-state index contributed by atoms with van der Waals surface area (Å²) in [7, 11) is 0. The summed E-state index contributed by atoms with van der Waals surface area (Å²) < 4.78 is 5.09. The molecule has 6 nitrogen and oxygen atoms in total.